The highest BCUT2D eigenvalue weighted by atomic mass is 16.2. The fourth-order valence-electron chi connectivity index (χ4n) is 3.76. The summed E-state index contributed by atoms with van der Waals surface area (Å²) in [4.78, 5) is 25.9. The van der Waals surface area contributed by atoms with Gasteiger partial charge in [0.25, 0.3) is 0 Å². The van der Waals surface area contributed by atoms with E-state index < -0.39 is 0 Å². The van der Waals surface area contributed by atoms with Gasteiger partial charge in [0.15, 0.2) is 0 Å². The van der Waals surface area contributed by atoms with Crippen LogP contribution in [0.1, 0.15) is 45.4 Å². The number of Topliss-reactive ketones (excluding diaryl/α,β-unsaturated/α-hetero) is 1. The first-order chi connectivity index (χ1) is 10.1. The lowest BCUT2D eigenvalue weighted by molar-refractivity contribution is -0.135. The van der Waals surface area contributed by atoms with Crippen molar-refractivity contribution in [2.75, 3.05) is 33.2 Å². The molecule has 120 valence electrons. The Labute approximate surface area is 127 Å². The van der Waals surface area contributed by atoms with Crippen LogP contribution < -0.4 is 10.6 Å². The molecule has 2 rings (SSSR count). The number of likely N-dealkylation sites (N-methyl/N-ethyl adjacent to an activating group) is 1. The molecule has 5 heteroatoms. The van der Waals surface area contributed by atoms with Gasteiger partial charge >= 0.3 is 0 Å². The van der Waals surface area contributed by atoms with E-state index in [1.54, 1.807) is 14.0 Å². The van der Waals surface area contributed by atoms with Crippen molar-refractivity contribution >= 4 is 11.7 Å². The standard InChI is InChI=1S/C16H29N3O2/c1-13(20)14(17-2)4-5-15(21)19-11-3-6-16(12-19)7-9-18-10-8-16/h14,17-18H,3-12H2,1-2H3/t14-/m0/s1. The van der Waals surface area contributed by atoms with Crippen molar-refractivity contribution in [2.24, 2.45) is 5.41 Å². The quantitative estimate of drug-likeness (QED) is 0.792. The number of carbonyl (C=O) groups excluding carboxylic acids is 2. The van der Waals surface area contributed by atoms with Crippen LogP contribution in [0.4, 0.5) is 0 Å². The summed E-state index contributed by atoms with van der Waals surface area (Å²) in [6.45, 7) is 5.54. The predicted octanol–water partition coefficient (Wildman–Crippen LogP) is 0.936. The van der Waals surface area contributed by atoms with E-state index in [0.29, 0.717) is 18.3 Å². The minimum Gasteiger partial charge on any atom is -0.342 e. The van der Waals surface area contributed by atoms with Gasteiger partial charge in [0, 0.05) is 19.5 Å². The number of hydrogen-bond donors (Lipinski definition) is 2. The topological polar surface area (TPSA) is 61.4 Å². The molecule has 0 radical (unpaired) electrons. The molecule has 1 spiro atoms. The number of carbonyl (C=O) groups is 2. The Balaban J connectivity index is 1.85. The van der Waals surface area contributed by atoms with Crippen molar-refractivity contribution in [3.05, 3.63) is 0 Å². The van der Waals surface area contributed by atoms with E-state index in [9.17, 15) is 9.59 Å². The van der Waals surface area contributed by atoms with E-state index in [4.69, 9.17) is 0 Å². The number of piperidine rings is 2. The lowest BCUT2D eigenvalue weighted by Gasteiger charge is -2.45. The van der Waals surface area contributed by atoms with E-state index in [1.807, 2.05) is 4.90 Å². The first kappa shape index (κ1) is 16.4. The monoisotopic (exact) mass is 295 g/mol. The molecule has 2 N–H and O–H groups in total. The van der Waals surface area contributed by atoms with Crippen LogP contribution >= 0.6 is 0 Å². The van der Waals surface area contributed by atoms with Gasteiger partial charge in [-0.1, -0.05) is 0 Å². The van der Waals surface area contributed by atoms with Gasteiger partial charge in [0.1, 0.15) is 5.78 Å². The van der Waals surface area contributed by atoms with Gasteiger partial charge in [-0.25, -0.2) is 0 Å². The number of hydrogen-bond acceptors (Lipinski definition) is 4. The zero-order valence-electron chi connectivity index (χ0n) is 13.4. The van der Waals surface area contributed by atoms with E-state index in [2.05, 4.69) is 10.6 Å². The molecular weight excluding hydrogens is 266 g/mol. The molecule has 1 amide bonds. The Morgan fingerprint density at radius 2 is 2.00 bits per heavy atom. The largest absolute Gasteiger partial charge is 0.342 e. The van der Waals surface area contributed by atoms with Crippen LogP contribution in [0.5, 0.6) is 0 Å². The second kappa shape index (κ2) is 7.36. The third kappa shape index (κ3) is 4.27. The first-order valence-corrected chi connectivity index (χ1v) is 8.22. The van der Waals surface area contributed by atoms with Crippen molar-refractivity contribution in [1.29, 1.82) is 0 Å². The van der Waals surface area contributed by atoms with Crippen molar-refractivity contribution in [1.82, 2.24) is 15.5 Å². The van der Waals surface area contributed by atoms with Crippen LogP contribution in [0.15, 0.2) is 0 Å². The number of nitrogens with one attached hydrogen (secondary N) is 2. The maximum Gasteiger partial charge on any atom is 0.222 e. The average molecular weight is 295 g/mol. The Morgan fingerprint density at radius 1 is 1.29 bits per heavy atom. The molecule has 0 aliphatic carbocycles. The third-order valence-electron chi connectivity index (χ3n) is 5.16. The maximum absolute atomic E-state index is 12.4. The zero-order chi connectivity index (χ0) is 15.3. The van der Waals surface area contributed by atoms with Gasteiger partial charge in [-0.3, -0.25) is 9.59 Å². The predicted molar refractivity (Wildman–Crippen MR) is 83.1 cm³/mol. The number of rotatable bonds is 5. The highest BCUT2D eigenvalue weighted by Gasteiger charge is 2.37. The second-order valence-corrected chi connectivity index (χ2v) is 6.66. The summed E-state index contributed by atoms with van der Waals surface area (Å²) in [6.07, 6.45) is 5.82. The van der Waals surface area contributed by atoms with Crippen LogP contribution in [0, 0.1) is 5.41 Å². The summed E-state index contributed by atoms with van der Waals surface area (Å²) < 4.78 is 0. The number of ketones is 1. The minimum absolute atomic E-state index is 0.110. The fraction of sp³-hybridized carbons (Fsp3) is 0.875. The van der Waals surface area contributed by atoms with Crippen LogP contribution in [0.3, 0.4) is 0 Å². The summed E-state index contributed by atoms with van der Waals surface area (Å²) in [6, 6.07) is -0.188. The molecule has 0 aromatic carbocycles. The number of nitrogens with zero attached hydrogens (tertiary/aromatic N) is 1. The highest BCUT2D eigenvalue weighted by molar-refractivity contribution is 5.83. The van der Waals surface area contributed by atoms with E-state index in [-0.39, 0.29) is 17.7 Å². The van der Waals surface area contributed by atoms with Crippen LogP contribution in [0.2, 0.25) is 0 Å². The summed E-state index contributed by atoms with van der Waals surface area (Å²) in [5, 5.41) is 6.40. The van der Waals surface area contributed by atoms with E-state index in [1.165, 1.54) is 19.3 Å². The van der Waals surface area contributed by atoms with Crippen LogP contribution in [-0.2, 0) is 9.59 Å². The molecule has 0 bridgehead atoms. The lowest BCUT2D eigenvalue weighted by atomic mass is 9.73. The van der Waals surface area contributed by atoms with Crippen LogP contribution in [-0.4, -0.2) is 55.9 Å². The van der Waals surface area contributed by atoms with E-state index in [0.717, 1.165) is 32.6 Å². The molecule has 2 heterocycles. The van der Waals surface area contributed by atoms with Gasteiger partial charge < -0.3 is 15.5 Å². The van der Waals surface area contributed by atoms with Gasteiger partial charge in [-0.05, 0) is 64.6 Å². The molecule has 0 saturated carbocycles. The molecule has 1 atom stereocenters. The molecular formula is C16H29N3O2. The van der Waals surface area contributed by atoms with Gasteiger partial charge in [0.05, 0.1) is 6.04 Å². The number of likely N-dealkylation sites (tertiary alicyclic amines) is 1. The Hall–Kier alpha value is -0.940. The average Bonchev–Trinajstić information content (AvgIpc) is 2.48. The van der Waals surface area contributed by atoms with Gasteiger partial charge in [-0.15, -0.1) is 0 Å². The molecule has 5 nitrogen and oxygen atoms in total. The molecule has 2 fully saturated rings. The Morgan fingerprint density at radius 3 is 2.62 bits per heavy atom. The molecule has 21 heavy (non-hydrogen) atoms. The van der Waals surface area contributed by atoms with Crippen LogP contribution in [0.25, 0.3) is 0 Å². The van der Waals surface area contributed by atoms with Crippen molar-refractivity contribution in [2.45, 2.75) is 51.5 Å². The van der Waals surface area contributed by atoms with Gasteiger partial charge in [0.2, 0.25) is 5.91 Å². The summed E-state index contributed by atoms with van der Waals surface area (Å²) in [5.41, 5.74) is 0.349. The van der Waals surface area contributed by atoms with Crippen molar-refractivity contribution in [3.63, 3.8) is 0 Å². The molecule has 0 aromatic heterocycles. The second-order valence-electron chi connectivity index (χ2n) is 6.66. The summed E-state index contributed by atoms with van der Waals surface area (Å²) in [5.74, 6) is 0.327. The lowest BCUT2D eigenvalue weighted by Crippen LogP contribution is -2.50. The fourth-order valence-corrected chi connectivity index (χ4v) is 3.76. The van der Waals surface area contributed by atoms with Gasteiger partial charge in [-0.2, -0.15) is 0 Å². The molecule has 0 aromatic rings. The summed E-state index contributed by atoms with van der Waals surface area (Å²) in [7, 11) is 1.78. The molecule has 2 saturated heterocycles. The van der Waals surface area contributed by atoms with Crippen molar-refractivity contribution in [3.8, 4) is 0 Å². The third-order valence-corrected chi connectivity index (χ3v) is 5.16. The summed E-state index contributed by atoms with van der Waals surface area (Å²) >= 11 is 0. The Bertz CT molecular complexity index is 372. The zero-order valence-corrected chi connectivity index (χ0v) is 13.4. The van der Waals surface area contributed by atoms with Crippen molar-refractivity contribution < 1.29 is 9.59 Å². The minimum atomic E-state index is -0.188. The normalized spacial score (nSPS) is 23.0. The molecule has 2 aliphatic heterocycles. The first-order valence-electron chi connectivity index (χ1n) is 8.22. The smallest absolute Gasteiger partial charge is 0.222 e. The van der Waals surface area contributed by atoms with E-state index >= 15 is 0 Å². The maximum atomic E-state index is 12.4. The number of amides is 1. The Kier molecular flexibility index (Phi) is 5.76. The molecule has 0 unspecified atom stereocenters. The SMILES string of the molecule is CN[C@@H](CCC(=O)N1CCCC2(CCNCC2)C1)C(C)=O. The molecule has 2 aliphatic rings. The highest BCUT2D eigenvalue weighted by Crippen LogP contribution is 2.38.